The molecule has 1 fully saturated rings. The van der Waals surface area contributed by atoms with Crippen molar-refractivity contribution in [3.8, 4) is 11.4 Å². The van der Waals surface area contributed by atoms with E-state index >= 15 is 0 Å². The number of anilines is 1. The molecule has 134 valence electrons. The van der Waals surface area contributed by atoms with Crippen molar-refractivity contribution < 1.29 is 9.53 Å². The van der Waals surface area contributed by atoms with Crippen LogP contribution in [0.5, 0.6) is 5.75 Å². The first-order valence-electron chi connectivity index (χ1n) is 8.38. The highest BCUT2D eigenvalue weighted by atomic mass is 16.5. The molecule has 3 aromatic rings. The first-order valence-corrected chi connectivity index (χ1v) is 8.38. The molecule has 1 aliphatic rings. The molecule has 0 radical (unpaired) electrons. The number of hydrogen-bond acceptors (Lipinski definition) is 7. The van der Waals surface area contributed by atoms with E-state index in [1.807, 2.05) is 29.2 Å². The van der Waals surface area contributed by atoms with E-state index in [0.717, 1.165) is 17.3 Å². The molecule has 0 aliphatic carbocycles. The second-order valence-corrected chi connectivity index (χ2v) is 6.06. The van der Waals surface area contributed by atoms with Crippen LogP contribution < -0.4 is 9.64 Å². The summed E-state index contributed by atoms with van der Waals surface area (Å²) in [6.45, 7) is 4.36. The highest BCUT2D eigenvalue weighted by Crippen LogP contribution is 2.24. The minimum Gasteiger partial charge on any atom is -0.497 e. The zero-order chi connectivity index (χ0) is 18.1. The number of piperazine rings is 1. The normalized spacial score (nSPS) is 14.7. The Balaban J connectivity index is 1.66. The smallest absolute Gasteiger partial charge is 0.219 e. The summed E-state index contributed by atoms with van der Waals surface area (Å²) < 4.78 is 6.88. The number of methoxy groups -OCH3 is 1. The lowest BCUT2D eigenvalue weighted by atomic mass is 10.3. The third kappa shape index (κ3) is 2.81. The summed E-state index contributed by atoms with van der Waals surface area (Å²) >= 11 is 0. The fraction of sp³-hybridized carbons (Fsp3) is 0.353. The molecule has 2 aromatic heterocycles. The largest absolute Gasteiger partial charge is 0.497 e. The molecular weight excluding hydrogens is 334 g/mol. The van der Waals surface area contributed by atoms with E-state index in [9.17, 15) is 4.79 Å². The minimum atomic E-state index is 0.0999. The average molecular weight is 353 g/mol. The van der Waals surface area contributed by atoms with E-state index < -0.39 is 0 Å². The molecule has 26 heavy (non-hydrogen) atoms. The van der Waals surface area contributed by atoms with Gasteiger partial charge in [-0.05, 0) is 24.3 Å². The van der Waals surface area contributed by atoms with Crippen LogP contribution in [0.4, 0.5) is 5.82 Å². The van der Waals surface area contributed by atoms with Crippen LogP contribution in [0.15, 0.2) is 30.6 Å². The Morgan fingerprint density at radius 3 is 2.46 bits per heavy atom. The van der Waals surface area contributed by atoms with E-state index in [-0.39, 0.29) is 5.91 Å². The first kappa shape index (κ1) is 16.2. The van der Waals surface area contributed by atoms with E-state index in [2.05, 4.69) is 25.2 Å². The van der Waals surface area contributed by atoms with Crippen LogP contribution in [0.2, 0.25) is 0 Å². The van der Waals surface area contributed by atoms with Crippen LogP contribution in [-0.2, 0) is 4.79 Å². The molecule has 1 amide bonds. The van der Waals surface area contributed by atoms with Crippen molar-refractivity contribution in [3.63, 3.8) is 0 Å². The molecule has 1 aromatic carbocycles. The van der Waals surface area contributed by atoms with Gasteiger partial charge in [-0.3, -0.25) is 4.79 Å². The Morgan fingerprint density at radius 1 is 1.08 bits per heavy atom. The predicted molar refractivity (Wildman–Crippen MR) is 95.5 cm³/mol. The van der Waals surface area contributed by atoms with Crippen molar-refractivity contribution in [1.29, 1.82) is 0 Å². The molecule has 4 rings (SSSR count). The Bertz CT molecular complexity index is 930. The van der Waals surface area contributed by atoms with Crippen molar-refractivity contribution >= 4 is 22.9 Å². The molecule has 0 saturated carbocycles. The molecular formula is C17H19N7O2. The van der Waals surface area contributed by atoms with E-state index in [1.165, 1.54) is 6.33 Å². The number of ether oxygens (including phenoxy) is 1. The Morgan fingerprint density at radius 2 is 1.81 bits per heavy atom. The lowest BCUT2D eigenvalue weighted by molar-refractivity contribution is -0.129. The highest BCUT2D eigenvalue weighted by molar-refractivity contribution is 5.84. The quantitative estimate of drug-likeness (QED) is 0.691. The summed E-state index contributed by atoms with van der Waals surface area (Å²) in [6, 6.07) is 7.54. The van der Waals surface area contributed by atoms with Gasteiger partial charge in [0.1, 0.15) is 12.1 Å². The molecule has 0 spiro atoms. The van der Waals surface area contributed by atoms with Gasteiger partial charge in [0, 0.05) is 33.1 Å². The summed E-state index contributed by atoms with van der Waals surface area (Å²) in [5, 5.41) is 8.55. The molecule has 1 aliphatic heterocycles. The van der Waals surface area contributed by atoms with Gasteiger partial charge in [-0.15, -0.1) is 5.10 Å². The molecule has 1 saturated heterocycles. The zero-order valence-corrected chi connectivity index (χ0v) is 14.7. The zero-order valence-electron chi connectivity index (χ0n) is 14.7. The molecule has 9 heteroatoms. The van der Waals surface area contributed by atoms with Gasteiger partial charge in [0.15, 0.2) is 17.0 Å². The Labute approximate surface area is 150 Å². The van der Waals surface area contributed by atoms with Crippen LogP contribution in [0.1, 0.15) is 6.92 Å². The lowest BCUT2D eigenvalue weighted by Gasteiger charge is -2.34. The monoisotopic (exact) mass is 353 g/mol. The van der Waals surface area contributed by atoms with Gasteiger partial charge < -0.3 is 14.5 Å². The van der Waals surface area contributed by atoms with Gasteiger partial charge in [0.05, 0.1) is 12.8 Å². The topological polar surface area (TPSA) is 89.3 Å². The summed E-state index contributed by atoms with van der Waals surface area (Å²) in [7, 11) is 1.63. The predicted octanol–water partition coefficient (Wildman–Crippen LogP) is 0.888. The van der Waals surface area contributed by atoms with Crippen LogP contribution in [0.25, 0.3) is 16.9 Å². The maximum absolute atomic E-state index is 11.5. The van der Waals surface area contributed by atoms with E-state index in [1.54, 1.807) is 18.7 Å². The van der Waals surface area contributed by atoms with Gasteiger partial charge in [-0.1, -0.05) is 5.21 Å². The van der Waals surface area contributed by atoms with Crippen molar-refractivity contribution in [1.82, 2.24) is 29.9 Å². The fourth-order valence-electron chi connectivity index (χ4n) is 3.10. The van der Waals surface area contributed by atoms with Gasteiger partial charge in [-0.2, -0.15) is 4.68 Å². The van der Waals surface area contributed by atoms with Gasteiger partial charge in [0.2, 0.25) is 5.91 Å². The summed E-state index contributed by atoms with van der Waals surface area (Å²) in [4.78, 5) is 24.2. The highest BCUT2D eigenvalue weighted by Gasteiger charge is 2.23. The van der Waals surface area contributed by atoms with Crippen molar-refractivity contribution in [3.05, 3.63) is 30.6 Å². The molecule has 0 bridgehead atoms. The maximum Gasteiger partial charge on any atom is 0.219 e. The Hall–Kier alpha value is -3.23. The second-order valence-electron chi connectivity index (χ2n) is 6.06. The maximum atomic E-state index is 11.5. The van der Waals surface area contributed by atoms with Crippen molar-refractivity contribution in [2.45, 2.75) is 6.92 Å². The van der Waals surface area contributed by atoms with Gasteiger partial charge in [0.25, 0.3) is 0 Å². The third-order valence-corrected chi connectivity index (χ3v) is 4.56. The number of nitrogens with zero attached hydrogens (tertiary/aromatic N) is 7. The van der Waals surface area contributed by atoms with Crippen LogP contribution in [-0.4, -0.2) is 69.1 Å². The Kier molecular flexibility index (Phi) is 4.11. The van der Waals surface area contributed by atoms with Gasteiger partial charge >= 0.3 is 0 Å². The molecule has 3 heterocycles. The third-order valence-electron chi connectivity index (χ3n) is 4.56. The number of benzene rings is 1. The first-order chi connectivity index (χ1) is 12.7. The minimum absolute atomic E-state index is 0.0999. The number of carbonyl (C=O) groups excluding carboxylic acids is 1. The van der Waals surface area contributed by atoms with E-state index in [0.29, 0.717) is 37.3 Å². The van der Waals surface area contributed by atoms with E-state index in [4.69, 9.17) is 4.74 Å². The van der Waals surface area contributed by atoms with Crippen LogP contribution in [0, 0.1) is 0 Å². The van der Waals surface area contributed by atoms with Crippen LogP contribution >= 0.6 is 0 Å². The summed E-state index contributed by atoms with van der Waals surface area (Å²) in [6.07, 6.45) is 1.53. The number of hydrogen-bond donors (Lipinski definition) is 0. The SMILES string of the molecule is COc1ccc(-n2nnc3c(N4CCN(C(C)=O)CC4)ncnc32)cc1. The average Bonchev–Trinajstić information content (AvgIpc) is 3.12. The second kappa shape index (κ2) is 6.58. The number of rotatable bonds is 3. The summed E-state index contributed by atoms with van der Waals surface area (Å²) in [5.41, 5.74) is 2.15. The number of aromatic nitrogens is 5. The van der Waals surface area contributed by atoms with Crippen LogP contribution in [0.3, 0.4) is 0 Å². The fourth-order valence-corrected chi connectivity index (χ4v) is 3.10. The molecule has 0 unspecified atom stereocenters. The molecule has 0 N–H and O–H groups in total. The lowest BCUT2D eigenvalue weighted by Crippen LogP contribution is -2.48. The molecule has 9 nitrogen and oxygen atoms in total. The van der Waals surface area contributed by atoms with Crippen molar-refractivity contribution in [2.24, 2.45) is 0 Å². The molecule has 0 atom stereocenters. The number of carbonyl (C=O) groups is 1. The van der Waals surface area contributed by atoms with Gasteiger partial charge in [-0.25, -0.2) is 9.97 Å². The number of fused-ring (bicyclic) bond motifs is 1. The number of amides is 1. The van der Waals surface area contributed by atoms with Crippen molar-refractivity contribution in [2.75, 3.05) is 38.2 Å². The summed E-state index contributed by atoms with van der Waals surface area (Å²) in [5.74, 6) is 1.62. The standard InChI is InChI=1S/C17H19N7O2/c1-12(25)22-7-9-23(10-8-22)16-15-17(19-11-18-16)24(21-20-15)13-3-5-14(26-2)6-4-13/h3-6,11H,7-10H2,1-2H3.